The van der Waals surface area contributed by atoms with Crippen molar-refractivity contribution in [3.05, 3.63) is 106 Å². The van der Waals surface area contributed by atoms with Crippen molar-refractivity contribution in [2.45, 2.75) is 64.2 Å². The van der Waals surface area contributed by atoms with E-state index in [1.165, 1.54) is 0 Å². The SMILES string of the molecule is CN(C)C(=O)c1cc(C#CCCCCCc2cccc(OCCCC(=O)O)c2CCC(=O)O)cc(Cc2ccccc2)c1C1=COCO1. The van der Waals surface area contributed by atoms with E-state index in [0.717, 1.165) is 59.1 Å². The van der Waals surface area contributed by atoms with E-state index in [2.05, 4.69) is 24.0 Å². The number of carbonyl (C=O) groups is 3. The summed E-state index contributed by atoms with van der Waals surface area (Å²) in [6.45, 7) is 0.366. The summed E-state index contributed by atoms with van der Waals surface area (Å²) in [5.41, 5.74) is 5.96. The summed E-state index contributed by atoms with van der Waals surface area (Å²) < 4.78 is 17.0. The standard InChI is InChI=1S/C39H43NO8/c1-40(2)39(45)33-25-29(24-31(23-28-13-8-6-9-14-28)38(33)35-26-46-27-48-35)15-7-4-3-5-10-16-30-17-11-18-34(32(30)20-21-37(43)44)47-22-12-19-36(41)42/h6,8-9,11,13-14,17-18,24-26H,3-5,10,12,16,19-23,27H2,1-2H3,(H,41,42)(H,43,44). The van der Waals surface area contributed by atoms with Crippen molar-refractivity contribution in [2.24, 2.45) is 0 Å². The molecule has 252 valence electrons. The highest BCUT2D eigenvalue weighted by atomic mass is 16.7. The van der Waals surface area contributed by atoms with Crippen LogP contribution >= 0.6 is 0 Å². The minimum absolute atomic E-state index is 0.00755. The molecule has 1 aliphatic heterocycles. The van der Waals surface area contributed by atoms with Gasteiger partial charge >= 0.3 is 11.9 Å². The highest BCUT2D eigenvalue weighted by Crippen LogP contribution is 2.31. The first kappa shape index (κ1) is 35.6. The van der Waals surface area contributed by atoms with Gasteiger partial charge in [0, 0.05) is 44.5 Å². The zero-order valence-electron chi connectivity index (χ0n) is 27.6. The third-order valence-electron chi connectivity index (χ3n) is 7.91. The average molecular weight is 654 g/mol. The molecule has 3 aromatic rings. The summed E-state index contributed by atoms with van der Waals surface area (Å²) in [6, 6.07) is 19.6. The van der Waals surface area contributed by atoms with Crippen LogP contribution in [0.15, 0.2) is 66.9 Å². The molecule has 0 aliphatic carbocycles. The first-order valence-electron chi connectivity index (χ1n) is 16.3. The first-order chi connectivity index (χ1) is 23.2. The quantitative estimate of drug-likeness (QED) is 0.122. The Hall–Kier alpha value is -5.23. The van der Waals surface area contributed by atoms with Gasteiger partial charge in [-0.2, -0.15) is 0 Å². The Morgan fingerprint density at radius 2 is 1.67 bits per heavy atom. The summed E-state index contributed by atoms with van der Waals surface area (Å²) >= 11 is 0. The molecule has 0 saturated carbocycles. The number of hydrogen-bond donors (Lipinski definition) is 2. The molecule has 48 heavy (non-hydrogen) atoms. The predicted octanol–water partition coefficient (Wildman–Crippen LogP) is 6.70. The number of hydrogen-bond acceptors (Lipinski definition) is 6. The largest absolute Gasteiger partial charge is 0.493 e. The van der Waals surface area contributed by atoms with Gasteiger partial charge in [0.2, 0.25) is 6.79 Å². The van der Waals surface area contributed by atoms with Crippen LogP contribution in [0.5, 0.6) is 5.75 Å². The third-order valence-corrected chi connectivity index (χ3v) is 7.91. The molecule has 1 amide bonds. The van der Waals surface area contributed by atoms with E-state index in [0.29, 0.717) is 42.8 Å². The second-order valence-corrected chi connectivity index (χ2v) is 11.8. The highest BCUT2D eigenvalue weighted by Gasteiger charge is 2.24. The van der Waals surface area contributed by atoms with E-state index in [9.17, 15) is 19.5 Å². The topological polar surface area (TPSA) is 123 Å². The van der Waals surface area contributed by atoms with Crippen LogP contribution in [0.25, 0.3) is 5.76 Å². The second kappa shape index (κ2) is 18.2. The van der Waals surface area contributed by atoms with E-state index in [1.54, 1.807) is 25.3 Å². The lowest BCUT2D eigenvalue weighted by molar-refractivity contribution is -0.138. The lowest BCUT2D eigenvalue weighted by atomic mass is 9.91. The Morgan fingerprint density at radius 1 is 0.875 bits per heavy atom. The van der Waals surface area contributed by atoms with Gasteiger partial charge in [-0.05, 0) is 79.0 Å². The number of rotatable bonds is 17. The zero-order valence-corrected chi connectivity index (χ0v) is 27.6. The van der Waals surface area contributed by atoms with Crippen LogP contribution in [0.1, 0.15) is 88.7 Å². The number of carbonyl (C=O) groups excluding carboxylic acids is 1. The van der Waals surface area contributed by atoms with E-state index in [-0.39, 0.29) is 32.1 Å². The molecule has 9 heteroatoms. The van der Waals surface area contributed by atoms with E-state index < -0.39 is 11.9 Å². The molecule has 4 rings (SSSR count). The van der Waals surface area contributed by atoms with Crippen LogP contribution in [-0.2, 0) is 38.3 Å². The van der Waals surface area contributed by atoms with Gasteiger partial charge in [0.1, 0.15) is 12.0 Å². The van der Waals surface area contributed by atoms with Crippen molar-refractivity contribution in [3.8, 4) is 17.6 Å². The Morgan fingerprint density at radius 3 is 2.38 bits per heavy atom. The van der Waals surface area contributed by atoms with Crippen molar-refractivity contribution in [1.29, 1.82) is 0 Å². The summed E-state index contributed by atoms with van der Waals surface area (Å²) in [7, 11) is 3.45. The third kappa shape index (κ3) is 10.7. The second-order valence-electron chi connectivity index (χ2n) is 11.8. The fourth-order valence-corrected chi connectivity index (χ4v) is 5.57. The molecule has 0 bridgehead atoms. The molecule has 0 unspecified atom stereocenters. The van der Waals surface area contributed by atoms with Crippen LogP contribution in [-0.4, -0.2) is 60.5 Å². The van der Waals surface area contributed by atoms with Crippen molar-refractivity contribution in [1.82, 2.24) is 4.90 Å². The lowest BCUT2D eigenvalue weighted by Crippen LogP contribution is -2.24. The fraction of sp³-hybridized carbons (Fsp3) is 0.359. The summed E-state index contributed by atoms with van der Waals surface area (Å²) in [5, 5.41) is 18.2. The Bertz CT molecular complexity index is 1670. The number of carboxylic acids is 2. The van der Waals surface area contributed by atoms with Crippen LogP contribution in [0.2, 0.25) is 0 Å². The Labute approximate surface area is 282 Å². The summed E-state index contributed by atoms with van der Waals surface area (Å²) in [6.07, 6.45) is 7.09. The molecule has 0 spiro atoms. The number of aliphatic carboxylic acids is 2. The van der Waals surface area contributed by atoms with Gasteiger partial charge in [-0.15, -0.1) is 0 Å². The lowest BCUT2D eigenvalue weighted by Gasteiger charge is -2.18. The highest BCUT2D eigenvalue weighted by molar-refractivity contribution is 5.99. The molecule has 9 nitrogen and oxygen atoms in total. The molecule has 1 heterocycles. The van der Waals surface area contributed by atoms with Gasteiger partial charge in [-0.1, -0.05) is 60.7 Å². The molecule has 0 fully saturated rings. The normalized spacial score (nSPS) is 11.8. The van der Waals surface area contributed by atoms with E-state index >= 15 is 0 Å². The minimum Gasteiger partial charge on any atom is -0.493 e. The number of nitrogens with zero attached hydrogens (tertiary/aromatic N) is 1. The number of ether oxygens (including phenoxy) is 3. The van der Waals surface area contributed by atoms with Crippen LogP contribution < -0.4 is 4.74 Å². The molecule has 3 aromatic carbocycles. The molecule has 0 radical (unpaired) electrons. The molecule has 0 saturated heterocycles. The molecule has 2 N–H and O–H groups in total. The maximum absolute atomic E-state index is 13.3. The summed E-state index contributed by atoms with van der Waals surface area (Å²) in [5.74, 6) is 5.84. The van der Waals surface area contributed by atoms with Gasteiger partial charge < -0.3 is 29.3 Å². The Kier molecular flexibility index (Phi) is 13.5. The van der Waals surface area contributed by atoms with Gasteiger partial charge in [0.25, 0.3) is 5.91 Å². The van der Waals surface area contributed by atoms with Crippen LogP contribution in [0, 0.1) is 11.8 Å². The number of amides is 1. The molecule has 0 atom stereocenters. The number of carboxylic acid groups (broad SMARTS) is 2. The van der Waals surface area contributed by atoms with Crippen molar-refractivity contribution in [2.75, 3.05) is 27.5 Å². The minimum atomic E-state index is -0.877. The number of unbranched alkanes of at least 4 members (excludes halogenated alkanes) is 3. The van der Waals surface area contributed by atoms with E-state index in [1.807, 2.05) is 48.5 Å². The van der Waals surface area contributed by atoms with Crippen molar-refractivity contribution < 1.29 is 38.8 Å². The summed E-state index contributed by atoms with van der Waals surface area (Å²) in [4.78, 5) is 37.0. The maximum atomic E-state index is 13.3. The maximum Gasteiger partial charge on any atom is 0.303 e. The van der Waals surface area contributed by atoms with Crippen molar-refractivity contribution in [3.63, 3.8) is 0 Å². The van der Waals surface area contributed by atoms with Gasteiger partial charge in [0.15, 0.2) is 5.76 Å². The number of benzene rings is 3. The van der Waals surface area contributed by atoms with Crippen molar-refractivity contribution >= 4 is 23.6 Å². The van der Waals surface area contributed by atoms with E-state index in [4.69, 9.17) is 19.3 Å². The number of aryl methyl sites for hydroxylation is 1. The van der Waals surface area contributed by atoms with Gasteiger partial charge in [-0.25, -0.2) is 0 Å². The molecule has 1 aliphatic rings. The zero-order chi connectivity index (χ0) is 34.3. The smallest absolute Gasteiger partial charge is 0.303 e. The molecule has 0 aromatic heterocycles. The Balaban J connectivity index is 1.43. The average Bonchev–Trinajstić information content (AvgIpc) is 3.60. The monoisotopic (exact) mass is 653 g/mol. The molecular weight excluding hydrogens is 610 g/mol. The van der Waals surface area contributed by atoms with Crippen LogP contribution in [0.3, 0.4) is 0 Å². The first-order valence-corrected chi connectivity index (χ1v) is 16.3. The van der Waals surface area contributed by atoms with Gasteiger partial charge in [0.05, 0.1) is 12.2 Å². The molecular formula is C39H43NO8. The predicted molar refractivity (Wildman–Crippen MR) is 183 cm³/mol. The van der Waals surface area contributed by atoms with Crippen LogP contribution in [0.4, 0.5) is 0 Å². The fourth-order valence-electron chi connectivity index (χ4n) is 5.57. The van der Waals surface area contributed by atoms with Gasteiger partial charge in [-0.3, -0.25) is 14.4 Å².